The first kappa shape index (κ1) is 17.2. The van der Waals surface area contributed by atoms with Crippen molar-refractivity contribution in [3.8, 4) is 0 Å². The summed E-state index contributed by atoms with van der Waals surface area (Å²) < 4.78 is 0. The zero-order valence-electron chi connectivity index (χ0n) is 14.5. The molecular weight excluding hydrogens is 330 g/mol. The van der Waals surface area contributed by atoms with E-state index in [2.05, 4.69) is 33.5 Å². The minimum atomic E-state index is -0.195. The van der Waals surface area contributed by atoms with E-state index >= 15 is 0 Å². The highest BCUT2D eigenvalue weighted by atomic mass is 32.2. The molecule has 0 radical (unpaired) electrons. The van der Waals surface area contributed by atoms with Crippen LogP contribution in [0.1, 0.15) is 26.3 Å². The molecule has 0 aliphatic heterocycles. The van der Waals surface area contributed by atoms with Crippen molar-refractivity contribution in [2.45, 2.75) is 31.2 Å². The summed E-state index contributed by atoms with van der Waals surface area (Å²) in [5, 5.41) is 14.5. The molecule has 0 saturated carbocycles. The van der Waals surface area contributed by atoms with E-state index in [0.29, 0.717) is 22.2 Å². The van der Waals surface area contributed by atoms with Crippen LogP contribution in [0.3, 0.4) is 0 Å². The van der Waals surface area contributed by atoms with E-state index in [1.807, 2.05) is 45.0 Å². The molecular formula is C19H21N5S. The second-order valence-corrected chi connectivity index (χ2v) is 7.82. The van der Waals surface area contributed by atoms with Crippen molar-refractivity contribution in [2.75, 3.05) is 11.1 Å². The van der Waals surface area contributed by atoms with Gasteiger partial charge in [0.2, 0.25) is 0 Å². The van der Waals surface area contributed by atoms with Crippen LogP contribution in [0.4, 0.5) is 11.6 Å². The molecule has 0 spiro atoms. The number of hydrogen-bond acceptors (Lipinski definition) is 6. The second-order valence-electron chi connectivity index (χ2n) is 6.77. The van der Waals surface area contributed by atoms with Gasteiger partial charge in [0.1, 0.15) is 23.0 Å². The number of aromatic nitrogens is 2. The van der Waals surface area contributed by atoms with Crippen LogP contribution in [-0.2, 0) is 0 Å². The largest absolute Gasteiger partial charge is 0.383 e. The lowest BCUT2D eigenvalue weighted by atomic mass is 10.1. The van der Waals surface area contributed by atoms with E-state index in [9.17, 15) is 0 Å². The molecule has 1 aromatic heterocycles. The van der Waals surface area contributed by atoms with Gasteiger partial charge in [-0.05, 0) is 37.6 Å². The molecule has 0 saturated heterocycles. The molecule has 0 unspecified atom stereocenters. The average Bonchev–Trinajstić information content (AvgIpc) is 2.53. The Morgan fingerprint density at radius 1 is 1.08 bits per heavy atom. The monoisotopic (exact) mass is 351 g/mol. The van der Waals surface area contributed by atoms with Crippen LogP contribution >= 0.6 is 11.8 Å². The molecule has 0 bridgehead atoms. The molecule has 4 N–H and O–H groups in total. The Kier molecular flexibility index (Phi) is 4.63. The highest BCUT2D eigenvalue weighted by Crippen LogP contribution is 2.33. The summed E-state index contributed by atoms with van der Waals surface area (Å²) >= 11 is 1.36. The van der Waals surface area contributed by atoms with E-state index in [1.54, 1.807) is 0 Å². The summed E-state index contributed by atoms with van der Waals surface area (Å²) in [6.45, 7) is 6.11. The molecule has 0 aliphatic carbocycles. The number of fused-ring (bicyclic) bond motifs is 1. The average molecular weight is 351 g/mol. The van der Waals surface area contributed by atoms with Crippen LogP contribution in [0.25, 0.3) is 10.8 Å². The number of nitrogens with one attached hydrogen (secondary N) is 2. The minimum Gasteiger partial charge on any atom is -0.383 e. The van der Waals surface area contributed by atoms with Crippen molar-refractivity contribution in [3.05, 3.63) is 54.4 Å². The molecule has 0 atom stereocenters. The van der Waals surface area contributed by atoms with Gasteiger partial charge in [-0.25, -0.2) is 9.97 Å². The molecule has 128 valence electrons. The third-order valence-corrected chi connectivity index (χ3v) is 4.54. The number of thioether (sulfide) groups is 1. The fourth-order valence-corrected chi connectivity index (χ4v) is 3.48. The SMILES string of the molecule is CC(C)(C)Nc1ncnc(N)c1C(=N)Sc1cccc2ccccc12. The van der Waals surface area contributed by atoms with Crippen molar-refractivity contribution in [1.82, 2.24) is 9.97 Å². The number of nitrogen functional groups attached to an aromatic ring is 1. The molecule has 3 rings (SSSR count). The van der Waals surface area contributed by atoms with Crippen molar-refractivity contribution in [2.24, 2.45) is 0 Å². The highest BCUT2D eigenvalue weighted by Gasteiger charge is 2.20. The lowest BCUT2D eigenvalue weighted by molar-refractivity contribution is 0.630. The molecule has 2 aromatic carbocycles. The fraction of sp³-hybridized carbons (Fsp3) is 0.211. The predicted molar refractivity (Wildman–Crippen MR) is 106 cm³/mol. The summed E-state index contributed by atoms with van der Waals surface area (Å²) in [6, 6.07) is 14.2. The van der Waals surface area contributed by atoms with Crippen LogP contribution in [0.15, 0.2) is 53.7 Å². The number of benzene rings is 2. The normalized spacial score (nSPS) is 11.5. The smallest absolute Gasteiger partial charge is 0.141 e. The Hall–Kier alpha value is -2.60. The van der Waals surface area contributed by atoms with E-state index in [0.717, 1.165) is 15.7 Å². The first-order valence-electron chi connectivity index (χ1n) is 7.98. The summed E-state index contributed by atoms with van der Waals surface area (Å²) in [6.07, 6.45) is 1.42. The summed E-state index contributed by atoms with van der Waals surface area (Å²) in [7, 11) is 0. The van der Waals surface area contributed by atoms with Crippen LogP contribution in [0.5, 0.6) is 0 Å². The maximum atomic E-state index is 8.59. The number of nitrogens with zero attached hydrogens (tertiary/aromatic N) is 2. The summed E-state index contributed by atoms with van der Waals surface area (Å²) in [4.78, 5) is 9.37. The molecule has 1 heterocycles. The van der Waals surface area contributed by atoms with Crippen molar-refractivity contribution in [1.29, 1.82) is 5.41 Å². The van der Waals surface area contributed by atoms with Gasteiger partial charge >= 0.3 is 0 Å². The maximum Gasteiger partial charge on any atom is 0.141 e. The van der Waals surface area contributed by atoms with Gasteiger partial charge in [0, 0.05) is 10.4 Å². The molecule has 0 fully saturated rings. The topological polar surface area (TPSA) is 87.7 Å². The maximum absolute atomic E-state index is 8.59. The number of nitrogens with two attached hydrogens (primary N) is 1. The molecule has 0 aliphatic rings. The number of anilines is 2. The molecule has 5 nitrogen and oxygen atoms in total. The molecule has 3 aromatic rings. The Labute approximate surface area is 151 Å². The fourth-order valence-electron chi connectivity index (χ4n) is 2.52. The van der Waals surface area contributed by atoms with Gasteiger partial charge in [0.15, 0.2) is 0 Å². The van der Waals surface area contributed by atoms with Gasteiger partial charge in [-0.15, -0.1) is 0 Å². The third kappa shape index (κ3) is 3.91. The Morgan fingerprint density at radius 3 is 2.56 bits per heavy atom. The molecule has 0 amide bonds. The third-order valence-electron chi connectivity index (χ3n) is 3.56. The van der Waals surface area contributed by atoms with E-state index in [-0.39, 0.29) is 5.54 Å². The van der Waals surface area contributed by atoms with Gasteiger partial charge in [-0.1, -0.05) is 48.2 Å². The Morgan fingerprint density at radius 2 is 1.80 bits per heavy atom. The predicted octanol–water partition coefficient (Wildman–Crippen LogP) is 4.54. The lowest BCUT2D eigenvalue weighted by Crippen LogP contribution is -2.28. The minimum absolute atomic E-state index is 0.195. The lowest BCUT2D eigenvalue weighted by Gasteiger charge is -2.23. The van der Waals surface area contributed by atoms with Gasteiger partial charge < -0.3 is 11.1 Å². The van der Waals surface area contributed by atoms with Crippen LogP contribution < -0.4 is 11.1 Å². The Bertz CT molecular complexity index is 925. The van der Waals surface area contributed by atoms with Crippen molar-refractivity contribution < 1.29 is 0 Å². The van der Waals surface area contributed by atoms with E-state index in [4.69, 9.17) is 11.1 Å². The van der Waals surface area contributed by atoms with E-state index < -0.39 is 0 Å². The first-order valence-corrected chi connectivity index (χ1v) is 8.80. The quantitative estimate of drug-likeness (QED) is 0.366. The first-order chi connectivity index (χ1) is 11.8. The van der Waals surface area contributed by atoms with Gasteiger partial charge in [0.05, 0.1) is 5.56 Å². The highest BCUT2D eigenvalue weighted by molar-refractivity contribution is 8.14. The zero-order chi connectivity index (χ0) is 18.0. The van der Waals surface area contributed by atoms with Crippen LogP contribution in [0.2, 0.25) is 0 Å². The van der Waals surface area contributed by atoms with Crippen molar-refractivity contribution in [3.63, 3.8) is 0 Å². The molecule has 25 heavy (non-hydrogen) atoms. The number of hydrogen-bond donors (Lipinski definition) is 3. The van der Waals surface area contributed by atoms with Crippen molar-refractivity contribution >= 4 is 39.2 Å². The summed E-state index contributed by atoms with van der Waals surface area (Å²) in [5.41, 5.74) is 6.41. The molecule has 6 heteroatoms. The van der Waals surface area contributed by atoms with Gasteiger partial charge in [-0.2, -0.15) is 0 Å². The number of rotatable bonds is 3. The second kappa shape index (κ2) is 6.72. The van der Waals surface area contributed by atoms with Crippen LogP contribution in [-0.4, -0.2) is 20.6 Å². The van der Waals surface area contributed by atoms with Crippen LogP contribution in [0, 0.1) is 5.41 Å². The standard InChI is InChI=1S/C19H21N5S/c1-19(2,3)24-18-15(16(20)22-11-23-18)17(21)25-14-10-6-8-12-7-4-5-9-13(12)14/h4-11,21H,1-3H3,(H3,20,22,23,24). The zero-order valence-corrected chi connectivity index (χ0v) is 15.3. The van der Waals surface area contributed by atoms with E-state index in [1.165, 1.54) is 18.1 Å². The van der Waals surface area contributed by atoms with Gasteiger partial charge in [-0.3, -0.25) is 5.41 Å². The Balaban J connectivity index is 1.99. The van der Waals surface area contributed by atoms with Gasteiger partial charge in [0.25, 0.3) is 0 Å². The summed E-state index contributed by atoms with van der Waals surface area (Å²) in [5.74, 6) is 0.886.